The maximum atomic E-state index is 5.19. The van der Waals surface area contributed by atoms with Gasteiger partial charge in [0.1, 0.15) is 0 Å². The van der Waals surface area contributed by atoms with Gasteiger partial charge in [0.2, 0.25) is 0 Å². The molecule has 2 heterocycles. The second-order valence-electron chi connectivity index (χ2n) is 4.55. The first-order valence-corrected chi connectivity index (χ1v) is 5.96. The van der Waals surface area contributed by atoms with E-state index in [2.05, 4.69) is 22.6 Å². The van der Waals surface area contributed by atoms with E-state index in [1.165, 1.54) is 23.8 Å². The molecule has 1 N–H and O–H groups in total. The van der Waals surface area contributed by atoms with E-state index in [4.69, 9.17) is 4.52 Å². The summed E-state index contributed by atoms with van der Waals surface area (Å²) in [4.78, 5) is 0. The molecular formula is C13H16N2O. The van der Waals surface area contributed by atoms with Gasteiger partial charge in [-0.25, -0.2) is 0 Å². The largest absolute Gasteiger partial charge is 0.356 e. The Bertz CT molecular complexity index is 471. The first kappa shape index (κ1) is 9.85. The van der Waals surface area contributed by atoms with Crippen molar-refractivity contribution < 1.29 is 4.52 Å². The quantitative estimate of drug-likeness (QED) is 0.837. The molecule has 0 spiro atoms. The predicted octanol–water partition coefficient (Wildman–Crippen LogP) is 2.37. The Morgan fingerprint density at radius 1 is 1.31 bits per heavy atom. The number of hydrogen-bond acceptors (Lipinski definition) is 3. The summed E-state index contributed by atoms with van der Waals surface area (Å²) in [7, 11) is 0. The number of nitrogens with one attached hydrogen (secondary N) is 1. The van der Waals surface area contributed by atoms with Crippen molar-refractivity contribution in [3.05, 3.63) is 30.0 Å². The van der Waals surface area contributed by atoms with Crippen LogP contribution in [0.4, 0.5) is 0 Å². The number of fused-ring (bicyclic) bond motifs is 1. The van der Waals surface area contributed by atoms with E-state index in [0.717, 1.165) is 31.0 Å². The van der Waals surface area contributed by atoms with Crippen molar-refractivity contribution in [3.8, 4) is 0 Å². The van der Waals surface area contributed by atoms with Crippen molar-refractivity contribution in [2.75, 3.05) is 13.1 Å². The molecule has 1 aromatic heterocycles. The van der Waals surface area contributed by atoms with Crippen LogP contribution >= 0.6 is 0 Å². The summed E-state index contributed by atoms with van der Waals surface area (Å²) in [5, 5.41) is 8.45. The van der Waals surface area contributed by atoms with Crippen LogP contribution in [0.3, 0.4) is 0 Å². The molecule has 3 nitrogen and oxygen atoms in total. The minimum Gasteiger partial charge on any atom is -0.356 e. The Hall–Kier alpha value is -1.35. The Kier molecular flexibility index (Phi) is 2.62. The molecule has 3 rings (SSSR count). The molecular weight excluding hydrogens is 200 g/mol. The van der Waals surface area contributed by atoms with Gasteiger partial charge in [0.25, 0.3) is 0 Å². The Balaban J connectivity index is 1.85. The van der Waals surface area contributed by atoms with Crippen LogP contribution in [-0.2, 0) is 6.42 Å². The Morgan fingerprint density at radius 2 is 2.19 bits per heavy atom. The number of piperidine rings is 1. The minimum absolute atomic E-state index is 0.807. The first-order chi connectivity index (χ1) is 7.93. The van der Waals surface area contributed by atoms with Crippen LogP contribution in [0.1, 0.15) is 18.4 Å². The molecule has 0 atom stereocenters. The zero-order valence-electron chi connectivity index (χ0n) is 9.28. The lowest BCUT2D eigenvalue weighted by molar-refractivity contribution is 0.373. The van der Waals surface area contributed by atoms with Crippen molar-refractivity contribution >= 4 is 11.0 Å². The fourth-order valence-electron chi connectivity index (χ4n) is 2.53. The molecule has 0 saturated carbocycles. The molecule has 0 aliphatic carbocycles. The third kappa shape index (κ3) is 1.83. The second kappa shape index (κ2) is 4.26. The van der Waals surface area contributed by atoms with E-state index in [-0.39, 0.29) is 0 Å². The van der Waals surface area contributed by atoms with Crippen LogP contribution in [0.2, 0.25) is 0 Å². The fourth-order valence-corrected chi connectivity index (χ4v) is 2.53. The Morgan fingerprint density at radius 3 is 3.06 bits per heavy atom. The smallest absolute Gasteiger partial charge is 0.167 e. The zero-order chi connectivity index (χ0) is 10.8. The van der Waals surface area contributed by atoms with Gasteiger partial charge in [0.05, 0.1) is 6.20 Å². The highest BCUT2D eigenvalue weighted by atomic mass is 16.5. The number of hydrogen-bond donors (Lipinski definition) is 1. The Labute approximate surface area is 94.8 Å². The van der Waals surface area contributed by atoms with Gasteiger partial charge >= 0.3 is 0 Å². The van der Waals surface area contributed by atoms with E-state index < -0.39 is 0 Å². The topological polar surface area (TPSA) is 38.1 Å². The number of nitrogens with zero attached hydrogens (tertiary/aromatic N) is 1. The molecule has 1 aliphatic heterocycles. The van der Waals surface area contributed by atoms with Crippen molar-refractivity contribution in [2.24, 2.45) is 5.92 Å². The maximum Gasteiger partial charge on any atom is 0.167 e. The number of rotatable bonds is 2. The minimum atomic E-state index is 0.807. The lowest BCUT2D eigenvalue weighted by atomic mass is 9.90. The van der Waals surface area contributed by atoms with Crippen LogP contribution in [0.25, 0.3) is 11.0 Å². The molecule has 2 aromatic rings. The van der Waals surface area contributed by atoms with Crippen LogP contribution in [0.5, 0.6) is 0 Å². The van der Waals surface area contributed by atoms with Gasteiger partial charge in [-0.2, -0.15) is 0 Å². The highest BCUT2D eigenvalue weighted by molar-refractivity contribution is 5.79. The summed E-state index contributed by atoms with van der Waals surface area (Å²) in [6, 6.07) is 6.24. The van der Waals surface area contributed by atoms with Gasteiger partial charge in [-0.1, -0.05) is 17.3 Å². The van der Waals surface area contributed by atoms with Gasteiger partial charge in [-0.05, 0) is 49.9 Å². The fraction of sp³-hybridized carbons (Fsp3) is 0.462. The molecule has 16 heavy (non-hydrogen) atoms. The van der Waals surface area contributed by atoms with E-state index in [0.29, 0.717) is 0 Å². The van der Waals surface area contributed by atoms with Crippen molar-refractivity contribution in [3.63, 3.8) is 0 Å². The van der Waals surface area contributed by atoms with E-state index in [1.807, 2.05) is 12.3 Å². The summed E-state index contributed by atoms with van der Waals surface area (Å²) < 4.78 is 5.19. The number of benzene rings is 1. The molecule has 1 fully saturated rings. The molecule has 1 aromatic carbocycles. The molecule has 0 bridgehead atoms. The zero-order valence-corrected chi connectivity index (χ0v) is 9.28. The average Bonchev–Trinajstić information content (AvgIpc) is 2.80. The summed E-state index contributed by atoms with van der Waals surface area (Å²) in [6.07, 6.45) is 5.55. The van der Waals surface area contributed by atoms with Crippen LogP contribution < -0.4 is 5.32 Å². The molecule has 84 valence electrons. The van der Waals surface area contributed by atoms with E-state index in [1.54, 1.807) is 0 Å². The maximum absolute atomic E-state index is 5.19. The van der Waals surface area contributed by atoms with E-state index in [9.17, 15) is 0 Å². The van der Waals surface area contributed by atoms with E-state index >= 15 is 0 Å². The predicted molar refractivity (Wildman–Crippen MR) is 63.3 cm³/mol. The van der Waals surface area contributed by atoms with Gasteiger partial charge in [-0.3, -0.25) is 0 Å². The summed E-state index contributed by atoms with van der Waals surface area (Å²) in [5.74, 6) is 0.807. The summed E-state index contributed by atoms with van der Waals surface area (Å²) >= 11 is 0. The highest BCUT2D eigenvalue weighted by Crippen LogP contribution is 2.24. The van der Waals surface area contributed by atoms with Gasteiger partial charge in [0.15, 0.2) is 5.58 Å². The lowest BCUT2D eigenvalue weighted by Crippen LogP contribution is -2.28. The lowest BCUT2D eigenvalue weighted by Gasteiger charge is -2.22. The van der Waals surface area contributed by atoms with Crippen molar-refractivity contribution in [2.45, 2.75) is 19.3 Å². The third-order valence-electron chi connectivity index (χ3n) is 3.46. The van der Waals surface area contributed by atoms with Crippen LogP contribution in [-0.4, -0.2) is 18.2 Å². The monoisotopic (exact) mass is 216 g/mol. The molecule has 0 amide bonds. The van der Waals surface area contributed by atoms with Crippen molar-refractivity contribution in [1.29, 1.82) is 0 Å². The SMILES string of the molecule is c1cc(CC2CCNCC2)c2cnoc2c1. The molecule has 1 aliphatic rings. The van der Waals surface area contributed by atoms with Gasteiger partial charge < -0.3 is 9.84 Å². The molecule has 0 unspecified atom stereocenters. The van der Waals surface area contributed by atoms with Crippen LogP contribution in [0, 0.1) is 5.92 Å². The number of aromatic nitrogens is 1. The van der Waals surface area contributed by atoms with Gasteiger partial charge in [-0.15, -0.1) is 0 Å². The van der Waals surface area contributed by atoms with Crippen LogP contribution in [0.15, 0.2) is 28.9 Å². The standard InChI is InChI=1S/C13H16N2O/c1-2-11(8-10-4-6-14-7-5-10)12-9-15-16-13(12)3-1/h1-3,9-10,14H,4-8H2. The first-order valence-electron chi connectivity index (χ1n) is 5.96. The molecule has 1 saturated heterocycles. The summed E-state index contributed by atoms with van der Waals surface area (Å²) in [5.41, 5.74) is 2.29. The second-order valence-corrected chi connectivity index (χ2v) is 4.55. The third-order valence-corrected chi connectivity index (χ3v) is 3.46. The summed E-state index contributed by atoms with van der Waals surface area (Å²) in [6.45, 7) is 2.31. The van der Waals surface area contributed by atoms with Crippen molar-refractivity contribution in [1.82, 2.24) is 10.5 Å². The molecule has 3 heteroatoms. The van der Waals surface area contributed by atoms with Gasteiger partial charge in [0, 0.05) is 5.39 Å². The average molecular weight is 216 g/mol. The highest BCUT2D eigenvalue weighted by Gasteiger charge is 2.15. The molecule has 0 radical (unpaired) electrons. The normalized spacial score (nSPS) is 18.0.